The fourth-order valence-corrected chi connectivity index (χ4v) is 0. The highest BCUT2D eigenvalue weighted by molar-refractivity contribution is 5.63. The molecule has 0 aliphatic rings. The standard InChI is InChI=1S/C2H5NO2/c1-3-2(4)5/h3H,1H3,(H,4,5). The van der Waals surface area contributed by atoms with Crippen molar-refractivity contribution in [3.8, 4) is 0 Å². The van der Waals surface area contributed by atoms with E-state index in [0.29, 0.717) is 0 Å². The molecule has 0 radical (unpaired) electrons. The minimum atomic E-state index is -0.995. The number of hydrogen-bond donors (Lipinski definition) is 2. The lowest BCUT2D eigenvalue weighted by atomic mass is 11.1. The summed E-state index contributed by atoms with van der Waals surface area (Å²) in [6.45, 7) is 0. The van der Waals surface area contributed by atoms with E-state index in [1.54, 1.807) is 0 Å². The van der Waals surface area contributed by atoms with E-state index in [1.165, 1.54) is 7.05 Å². The molecule has 0 atom stereocenters. The summed E-state index contributed by atoms with van der Waals surface area (Å²) < 4.78 is 0. The zero-order chi connectivity index (χ0) is 4.28. The zero-order valence-corrected chi connectivity index (χ0v) is 2.86. The first-order valence-corrected chi connectivity index (χ1v) is 1.18. The maximum Gasteiger partial charge on any atom is 0.404 e. The summed E-state index contributed by atoms with van der Waals surface area (Å²) in [5, 5.41) is 9.56. The van der Waals surface area contributed by atoms with Crippen molar-refractivity contribution in [3.05, 3.63) is 0 Å². The summed E-state index contributed by atoms with van der Waals surface area (Å²) >= 11 is 0. The van der Waals surface area contributed by atoms with Crippen molar-refractivity contribution in [1.29, 1.82) is 0 Å². The van der Waals surface area contributed by atoms with E-state index in [0.717, 1.165) is 0 Å². The van der Waals surface area contributed by atoms with Gasteiger partial charge in [0.25, 0.3) is 0 Å². The van der Waals surface area contributed by atoms with E-state index in [4.69, 9.17) is 5.11 Å². The van der Waals surface area contributed by atoms with Crippen molar-refractivity contribution in [2.24, 2.45) is 0 Å². The first kappa shape index (κ1) is 4.27. The smallest absolute Gasteiger partial charge is 0.404 e. The minimum Gasteiger partial charge on any atom is -0.465 e. The number of carbonyl (C=O) groups is 1. The van der Waals surface area contributed by atoms with Crippen LogP contribution in [0.2, 0.25) is 0 Å². The molecule has 0 saturated heterocycles. The fraction of sp³-hybridized carbons (Fsp3) is 0.500. The number of nitrogens with one attached hydrogen (secondary N) is 1. The molecule has 0 spiro atoms. The van der Waals surface area contributed by atoms with Crippen LogP contribution in [0.4, 0.5) is 4.79 Å². The van der Waals surface area contributed by atoms with Gasteiger partial charge in [-0.05, 0) is 0 Å². The molecule has 0 unspecified atom stereocenters. The Kier molecular flexibility index (Phi) is 1.35. The summed E-state index contributed by atoms with van der Waals surface area (Å²) in [5.41, 5.74) is 0. The molecule has 0 aliphatic heterocycles. The monoisotopic (exact) mass is 75.0 g/mol. The van der Waals surface area contributed by atoms with Gasteiger partial charge in [0.05, 0.1) is 0 Å². The Bertz CT molecular complexity index is 42.9. The molecule has 0 fully saturated rings. The van der Waals surface area contributed by atoms with Gasteiger partial charge in [-0.3, -0.25) is 0 Å². The second-order valence-corrected chi connectivity index (χ2v) is 0.555. The van der Waals surface area contributed by atoms with Crippen molar-refractivity contribution < 1.29 is 9.90 Å². The van der Waals surface area contributed by atoms with Crippen LogP contribution in [0.3, 0.4) is 0 Å². The van der Waals surface area contributed by atoms with Gasteiger partial charge in [0.1, 0.15) is 0 Å². The van der Waals surface area contributed by atoms with Gasteiger partial charge in [-0.1, -0.05) is 0 Å². The van der Waals surface area contributed by atoms with Gasteiger partial charge < -0.3 is 10.4 Å². The summed E-state index contributed by atoms with van der Waals surface area (Å²) in [6.07, 6.45) is -0.995. The van der Waals surface area contributed by atoms with E-state index < -0.39 is 6.09 Å². The topological polar surface area (TPSA) is 49.3 Å². The van der Waals surface area contributed by atoms with Crippen LogP contribution in [0.1, 0.15) is 0 Å². The van der Waals surface area contributed by atoms with Crippen molar-refractivity contribution in [2.75, 3.05) is 7.05 Å². The SMILES string of the molecule is CNC(=O)O. The average Bonchev–Trinajstić information content (AvgIpc) is 1.38. The van der Waals surface area contributed by atoms with Gasteiger partial charge >= 0.3 is 6.09 Å². The van der Waals surface area contributed by atoms with Crippen LogP contribution in [0.25, 0.3) is 0 Å². The van der Waals surface area contributed by atoms with E-state index in [-0.39, 0.29) is 0 Å². The number of rotatable bonds is 0. The van der Waals surface area contributed by atoms with Gasteiger partial charge in [-0.15, -0.1) is 0 Å². The molecule has 0 saturated carbocycles. The van der Waals surface area contributed by atoms with Crippen LogP contribution in [-0.4, -0.2) is 18.2 Å². The number of hydrogen-bond acceptors (Lipinski definition) is 1. The molecular weight excluding hydrogens is 70.0 g/mol. The average molecular weight is 75.1 g/mol. The van der Waals surface area contributed by atoms with Crippen LogP contribution < -0.4 is 5.32 Å². The molecule has 0 aromatic carbocycles. The first-order valence-electron chi connectivity index (χ1n) is 1.18. The van der Waals surface area contributed by atoms with Gasteiger partial charge in [0.15, 0.2) is 0 Å². The molecule has 0 heterocycles. The summed E-state index contributed by atoms with van der Waals surface area (Å²) in [6, 6.07) is 0. The largest absolute Gasteiger partial charge is 0.465 e. The van der Waals surface area contributed by atoms with Gasteiger partial charge in [-0.2, -0.15) is 0 Å². The lowest BCUT2D eigenvalue weighted by molar-refractivity contribution is 0.197. The second-order valence-electron chi connectivity index (χ2n) is 0.555. The molecule has 2 N–H and O–H groups in total. The highest BCUT2D eigenvalue weighted by atomic mass is 16.4. The Labute approximate surface area is 29.6 Å². The second kappa shape index (κ2) is 1.58. The molecule has 0 aromatic rings. The van der Waals surface area contributed by atoms with Crippen molar-refractivity contribution in [3.63, 3.8) is 0 Å². The Morgan fingerprint density at radius 3 is 2.20 bits per heavy atom. The predicted octanol–water partition coefficient (Wildman–Crippen LogP) is -0.116. The summed E-state index contributed by atoms with van der Waals surface area (Å²) in [4.78, 5) is 9.26. The molecule has 5 heavy (non-hydrogen) atoms. The highest BCUT2D eigenvalue weighted by Crippen LogP contribution is 1.45. The van der Waals surface area contributed by atoms with Crippen LogP contribution in [-0.2, 0) is 0 Å². The van der Waals surface area contributed by atoms with Crippen LogP contribution in [0.15, 0.2) is 0 Å². The number of amides is 1. The van der Waals surface area contributed by atoms with E-state index >= 15 is 0 Å². The molecule has 1 amide bonds. The van der Waals surface area contributed by atoms with Crippen molar-refractivity contribution in [2.45, 2.75) is 0 Å². The third-order valence-corrected chi connectivity index (χ3v) is 0.214. The maximum atomic E-state index is 9.26. The summed E-state index contributed by atoms with van der Waals surface area (Å²) in [5.74, 6) is 0. The van der Waals surface area contributed by atoms with Gasteiger partial charge in [0.2, 0.25) is 0 Å². The maximum absolute atomic E-state index is 9.26. The summed E-state index contributed by atoms with van der Waals surface area (Å²) in [7, 11) is 1.35. The van der Waals surface area contributed by atoms with Gasteiger partial charge in [0, 0.05) is 7.05 Å². The molecule has 3 nitrogen and oxygen atoms in total. The molecular formula is C2H5NO2. The third-order valence-electron chi connectivity index (χ3n) is 0.214. The molecule has 0 aromatic heterocycles. The third kappa shape index (κ3) is 3.27. The van der Waals surface area contributed by atoms with Crippen molar-refractivity contribution in [1.82, 2.24) is 5.32 Å². The zero-order valence-electron chi connectivity index (χ0n) is 2.86. The number of carboxylic acid groups (broad SMARTS) is 1. The van der Waals surface area contributed by atoms with Crippen molar-refractivity contribution >= 4 is 6.09 Å². The molecule has 30 valence electrons. The highest BCUT2D eigenvalue weighted by Gasteiger charge is 1.76. The first-order chi connectivity index (χ1) is 2.27. The normalized spacial score (nSPS) is 6.60. The van der Waals surface area contributed by atoms with E-state index in [1.807, 2.05) is 5.32 Å². The molecule has 0 rings (SSSR count). The quantitative estimate of drug-likeness (QED) is 0.422. The minimum absolute atomic E-state index is 0.995. The Morgan fingerprint density at radius 1 is 2.00 bits per heavy atom. The molecule has 0 bridgehead atoms. The molecule has 3 heteroatoms. The van der Waals surface area contributed by atoms with Gasteiger partial charge in [-0.25, -0.2) is 4.79 Å². The Morgan fingerprint density at radius 2 is 2.20 bits per heavy atom. The van der Waals surface area contributed by atoms with E-state index in [9.17, 15) is 4.79 Å². The van der Waals surface area contributed by atoms with Crippen LogP contribution in [0.5, 0.6) is 0 Å². The lowest BCUT2D eigenvalue weighted by Gasteiger charge is -1.78. The Hall–Kier alpha value is -0.730. The predicted molar refractivity (Wildman–Crippen MR) is 17.1 cm³/mol. The Balaban J connectivity index is 2.85. The van der Waals surface area contributed by atoms with E-state index in [2.05, 4.69) is 0 Å². The fourth-order valence-electron chi connectivity index (χ4n) is 0. The lowest BCUT2D eigenvalue weighted by Crippen LogP contribution is -2.13. The van der Waals surface area contributed by atoms with Crippen LogP contribution in [0, 0.1) is 0 Å². The van der Waals surface area contributed by atoms with Crippen LogP contribution >= 0.6 is 0 Å². The molecule has 0 aliphatic carbocycles.